The van der Waals surface area contributed by atoms with Gasteiger partial charge in [0.1, 0.15) is 0 Å². The van der Waals surface area contributed by atoms with Crippen LogP contribution in [0.15, 0.2) is 182 Å². The van der Waals surface area contributed by atoms with Crippen molar-refractivity contribution in [2.75, 3.05) is 9.80 Å². The van der Waals surface area contributed by atoms with Crippen LogP contribution >= 0.6 is 0 Å². The van der Waals surface area contributed by atoms with Gasteiger partial charge in [-0.25, -0.2) is 0 Å². The first-order valence-electron chi connectivity index (χ1n) is 19.8. The molecule has 5 heterocycles. The van der Waals surface area contributed by atoms with Gasteiger partial charge in [-0.05, 0) is 83.6 Å². The van der Waals surface area contributed by atoms with E-state index in [-0.39, 0.29) is 0 Å². The van der Waals surface area contributed by atoms with Crippen LogP contribution in [0.2, 0.25) is 0 Å². The summed E-state index contributed by atoms with van der Waals surface area (Å²) in [5.74, 6) is 0. The Hall–Kier alpha value is -7.96. The minimum atomic E-state index is 0.906. The third-order valence-electron chi connectivity index (χ3n) is 12.6. The first kappa shape index (κ1) is 30.3. The van der Waals surface area contributed by atoms with E-state index >= 15 is 0 Å². The summed E-state index contributed by atoms with van der Waals surface area (Å²) in [6.07, 6.45) is 3.61. The van der Waals surface area contributed by atoms with Gasteiger partial charge >= 0.3 is 0 Å². The molecule has 0 saturated heterocycles. The lowest BCUT2D eigenvalue weighted by molar-refractivity contribution is 1.11. The average molecular weight is 739 g/mol. The van der Waals surface area contributed by atoms with Gasteiger partial charge in [0.25, 0.3) is 0 Å². The predicted molar refractivity (Wildman–Crippen MR) is 240 cm³/mol. The van der Waals surface area contributed by atoms with Crippen LogP contribution in [-0.4, -0.2) is 19.1 Å². The van der Waals surface area contributed by atoms with E-state index in [2.05, 4.69) is 189 Å². The van der Waals surface area contributed by atoms with Crippen LogP contribution in [0.1, 0.15) is 0 Å². The maximum absolute atomic E-state index is 4.94. The predicted octanol–water partition coefficient (Wildman–Crippen LogP) is 13.7. The fourth-order valence-corrected chi connectivity index (χ4v) is 10.3. The quantitative estimate of drug-likeness (QED) is 0.166. The Morgan fingerprint density at radius 2 is 0.690 bits per heavy atom. The SMILES string of the molecule is c1ccc2c(c1)N(c1ccc3c(c1)c1cc(N4c5ccccc5-n5c6ccccc6c6cccc4c65)ccc1c1nccnc31)c1cccc3c4ccccc4n-2c13. The molecule has 2 aliphatic heterocycles. The van der Waals surface area contributed by atoms with Crippen molar-refractivity contribution >= 4 is 110 Å². The van der Waals surface area contributed by atoms with Crippen molar-refractivity contribution in [3.63, 3.8) is 0 Å². The lowest BCUT2D eigenvalue weighted by Crippen LogP contribution is -2.18. The molecule has 6 nitrogen and oxygen atoms in total. The highest BCUT2D eigenvalue weighted by Gasteiger charge is 2.30. The van der Waals surface area contributed by atoms with E-state index in [9.17, 15) is 0 Å². The van der Waals surface area contributed by atoms with Crippen LogP contribution in [0.4, 0.5) is 34.1 Å². The molecular weight excluding hydrogens is 709 g/mol. The van der Waals surface area contributed by atoms with Crippen LogP contribution in [0.5, 0.6) is 0 Å². The summed E-state index contributed by atoms with van der Waals surface area (Å²) in [6.45, 7) is 0. The lowest BCUT2D eigenvalue weighted by Gasteiger charge is -2.33. The van der Waals surface area contributed by atoms with E-state index in [1.807, 2.05) is 0 Å². The Labute approximate surface area is 331 Å². The number of hydrogen-bond acceptors (Lipinski definition) is 4. The Bertz CT molecular complexity index is 3530. The van der Waals surface area contributed by atoms with Gasteiger partial charge in [-0.1, -0.05) is 97.1 Å². The molecule has 0 saturated carbocycles. The summed E-state index contributed by atoms with van der Waals surface area (Å²) in [5, 5.41) is 9.44. The maximum Gasteiger partial charge on any atom is 0.0971 e. The fraction of sp³-hybridized carbons (Fsp3) is 0. The van der Waals surface area contributed by atoms with E-state index < -0.39 is 0 Å². The van der Waals surface area contributed by atoms with Crippen LogP contribution in [0.25, 0.3) is 87.6 Å². The first-order valence-corrected chi connectivity index (χ1v) is 19.8. The summed E-state index contributed by atoms with van der Waals surface area (Å²) < 4.78 is 4.88. The number of anilines is 6. The van der Waals surface area contributed by atoms with Gasteiger partial charge in [0.2, 0.25) is 0 Å². The molecule has 0 aliphatic carbocycles. The minimum absolute atomic E-state index is 0.906. The van der Waals surface area contributed by atoms with E-state index in [1.165, 1.54) is 55.0 Å². The third kappa shape index (κ3) is 3.72. The zero-order chi connectivity index (χ0) is 37.6. The Morgan fingerprint density at radius 1 is 0.293 bits per heavy atom. The van der Waals surface area contributed by atoms with Gasteiger partial charge in [0.15, 0.2) is 0 Å². The second-order valence-electron chi connectivity index (χ2n) is 15.4. The number of fused-ring (bicyclic) bond motifs is 16. The Morgan fingerprint density at radius 3 is 1.17 bits per heavy atom. The van der Waals surface area contributed by atoms with Crippen molar-refractivity contribution in [1.29, 1.82) is 0 Å². The first-order chi connectivity index (χ1) is 28.8. The maximum atomic E-state index is 4.94. The summed E-state index contributed by atoms with van der Waals surface area (Å²) in [5.41, 5.74) is 15.8. The molecular formula is C52H30N6. The smallest absolute Gasteiger partial charge is 0.0971 e. The topological polar surface area (TPSA) is 42.1 Å². The fourth-order valence-electron chi connectivity index (χ4n) is 10.3. The highest BCUT2D eigenvalue weighted by molar-refractivity contribution is 6.25. The molecule has 6 heteroatoms. The van der Waals surface area contributed by atoms with Crippen LogP contribution < -0.4 is 9.80 Å². The van der Waals surface area contributed by atoms with Crippen molar-refractivity contribution in [2.24, 2.45) is 0 Å². The second-order valence-corrected chi connectivity index (χ2v) is 15.4. The molecule has 0 spiro atoms. The van der Waals surface area contributed by atoms with Crippen LogP contribution in [0, 0.1) is 0 Å². The van der Waals surface area contributed by atoms with Gasteiger partial charge in [0.05, 0.1) is 67.2 Å². The standard InChI is InChI=1S/C52H30N6/c1-3-15-41-33(11-1)37-13-9-21-47-51(37)57(41)45-19-7-5-17-43(45)55(47)31-23-25-35-39(29-31)40-30-32(24-26-36(40)50-49(35)53-27-28-54-50)56-44-18-6-8-20-46(44)58-42-16-4-2-12-34(42)38-14-10-22-48(56)52(38)58/h1-30H. The molecule has 0 bridgehead atoms. The number of rotatable bonds is 2. The molecule has 0 N–H and O–H groups in total. The Balaban J connectivity index is 1.05. The molecule has 12 aromatic rings. The molecule has 0 atom stereocenters. The van der Waals surface area contributed by atoms with E-state index in [1.54, 1.807) is 12.4 Å². The van der Waals surface area contributed by atoms with Crippen molar-refractivity contribution in [2.45, 2.75) is 0 Å². The third-order valence-corrected chi connectivity index (χ3v) is 12.6. The van der Waals surface area contributed by atoms with Crippen molar-refractivity contribution in [3.8, 4) is 11.4 Å². The lowest BCUT2D eigenvalue weighted by atomic mass is 9.97. The molecule has 268 valence electrons. The summed E-state index contributed by atoms with van der Waals surface area (Å²) in [6, 6.07) is 62.2. The second kappa shape index (κ2) is 10.9. The van der Waals surface area contributed by atoms with Crippen LogP contribution in [0.3, 0.4) is 0 Å². The molecule has 3 aromatic heterocycles. The molecule has 0 radical (unpaired) electrons. The van der Waals surface area contributed by atoms with Gasteiger partial charge in [-0.3, -0.25) is 9.97 Å². The number of nitrogens with zero attached hydrogens (tertiary/aromatic N) is 6. The molecule has 2 aliphatic rings. The van der Waals surface area contributed by atoms with Gasteiger partial charge in [-0.15, -0.1) is 0 Å². The number of hydrogen-bond donors (Lipinski definition) is 0. The van der Waals surface area contributed by atoms with Crippen molar-refractivity contribution in [1.82, 2.24) is 19.1 Å². The van der Waals surface area contributed by atoms with E-state index in [0.717, 1.165) is 66.7 Å². The molecule has 9 aromatic carbocycles. The number of para-hydroxylation sites is 8. The monoisotopic (exact) mass is 738 g/mol. The summed E-state index contributed by atoms with van der Waals surface area (Å²) in [7, 11) is 0. The van der Waals surface area contributed by atoms with E-state index in [0.29, 0.717) is 0 Å². The largest absolute Gasteiger partial charge is 0.306 e. The number of aromatic nitrogens is 4. The van der Waals surface area contributed by atoms with Crippen molar-refractivity contribution in [3.05, 3.63) is 182 Å². The molecule has 0 amide bonds. The van der Waals surface area contributed by atoms with Crippen LogP contribution in [-0.2, 0) is 0 Å². The summed E-state index contributed by atoms with van der Waals surface area (Å²) in [4.78, 5) is 14.8. The van der Waals surface area contributed by atoms with Crippen molar-refractivity contribution < 1.29 is 0 Å². The molecule has 0 unspecified atom stereocenters. The zero-order valence-electron chi connectivity index (χ0n) is 31.0. The van der Waals surface area contributed by atoms with Gasteiger partial charge in [0, 0.05) is 56.1 Å². The average Bonchev–Trinajstić information content (AvgIpc) is 3.82. The normalized spacial score (nSPS) is 13.1. The molecule has 14 rings (SSSR count). The minimum Gasteiger partial charge on any atom is -0.306 e. The van der Waals surface area contributed by atoms with Gasteiger partial charge in [-0.2, -0.15) is 0 Å². The molecule has 58 heavy (non-hydrogen) atoms. The summed E-state index contributed by atoms with van der Waals surface area (Å²) >= 11 is 0. The highest BCUT2D eigenvalue weighted by Crippen LogP contribution is 2.52. The van der Waals surface area contributed by atoms with E-state index in [4.69, 9.17) is 9.97 Å². The zero-order valence-corrected chi connectivity index (χ0v) is 31.0. The highest BCUT2D eigenvalue weighted by atomic mass is 15.2. The number of benzene rings is 9. The Kier molecular flexibility index (Phi) is 5.68. The molecule has 0 fully saturated rings. The van der Waals surface area contributed by atoms with Gasteiger partial charge < -0.3 is 18.9 Å².